The van der Waals surface area contributed by atoms with Gasteiger partial charge in [0, 0.05) is 18.5 Å². The van der Waals surface area contributed by atoms with E-state index in [0.717, 1.165) is 23.0 Å². The second-order valence-electron chi connectivity index (χ2n) is 6.09. The number of aryl methyl sites for hydroxylation is 1. The second-order valence-corrected chi connectivity index (χ2v) is 7.03. The van der Waals surface area contributed by atoms with Gasteiger partial charge in [0.05, 0.1) is 30.9 Å². The van der Waals surface area contributed by atoms with Crippen LogP contribution in [-0.4, -0.2) is 36.5 Å². The van der Waals surface area contributed by atoms with E-state index in [9.17, 15) is 5.11 Å². The molecule has 2 N–H and O–H groups in total. The van der Waals surface area contributed by atoms with Crippen molar-refractivity contribution < 1.29 is 14.6 Å². The van der Waals surface area contributed by atoms with Gasteiger partial charge in [0.25, 0.3) is 0 Å². The highest BCUT2D eigenvalue weighted by Gasteiger charge is 2.37. The van der Waals surface area contributed by atoms with E-state index in [1.54, 1.807) is 11.3 Å². The molecule has 3 rings (SSSR count). The Morgan fingerprint density at radius 2 is 2.13 bits per heavy atom. The first-order valence-corrected chi connectivity index (χ1v) is 8.59. The lowest BCUT2D eigenvalue weighted by molar-refractivity contribution is -0.134. The van der Waals surface area contributed by atoms with Crippen LogP contribution in [0.5, 0.6) is 5.75 Å². The summed E-state index contributed by atoms with van der Waals surface area (Å²) in [5.74, 6) is 0.861. The molecular formula is C17H22N2O3S. The fourth-order valence-corrected chi connectivity index (χ4v) is 3.08. The van der Waals surface area contributed by atoms with Crippen LogP contribution in [0.25, 0.3) is 0 Å². The SMILES string of the molecule is Cc1ccc(OCc2nc(CNCC3(CO)COC3)cs2)cc1. The minimum atomic E-state index is -0.104. The minimum absolute atomic E-state index is 0.104. The Morgan fingerprint density at radius 3 is 2.78 bits per heavy atom. The van der Waals surface area contributed by atoms with E-state index in [0.29, 0.717) is 26.4 Å². The summed E-state index contributed by atoms with van der Waals surface area (Å²) in [6.45, 7) is 5.40. The molecule has 0 saturated carbocycles. The van der Waals surface area contributed by atoms with Gasteiger partial charge in [-0.3, -0.25) is 0 Å². The van der Waals surface area contributed by atoms with E-state index in [4.69, 9.17) is 9.47 Å². The summed E-state index contributed by atoms with van der Waals surface area (Å²) in [4.78, 5) is 4.57. The van der Waals surface area contributed by atoms with E-state index < -0.39 is 0 Å². The maximum Gasteiger partial charge on any atom is 0.140 e. The van der Waals surface area contributed by atoms with Crippen molar-refractivity contribution in [2.45, 2.75) is 20.1 Å². The van der Waals surface area contributed by atoms with Crippen molar-refractivity contribution in [1.82, 2.24) is 10.3 Å². The molecule has 5 nitrogen and oxygen atoms in total. The Labute approximate surface area is 140 Å². The van der Waals surface area contributed by atoms with E-state index >= 15 is 0 Å². The zero-order valence-electron chi connectivity index (χ0n) is 13.2. The van der Waals surface area contributed by atoms with Crippen LogP contribution in [0.4, 0.5) is 0 Å². The molecule has 1 aliphatic heterocycles. The third-order valence-corrected chi connectivity index (χ3v) is 4.81. The van der Waals surface area contributed by atoms with Crippen LogP contribution >= 0.6 is 11.3 Å². The van der Waals surface area contributed by atoms with Gasteiger partial charge in [0.2, 0.25) is 0 Å². The van der Waals surface area contributed by atoms with Crippen molar-refractivity contribution >= 4 is 11.3 Å². The van der Waals surface area contributed by atoms with E-state index in [1.807, 2.05) is 29.6 Å². The molecule has 2 aromatic rings. The molecule has 0 radical (unpaired) electrons. The van der Waals surface area contributed by atoms with Crippen molar-refractivity contribution in [2.24, 2.45) is 5.41 Å². The molecule has 0 unspecified atom stereocenters. The third-order valence-electron chi connectivity index (χ3n) is 3.94. The van der Waals surface area contributed by atoms with E-state index in [1.165, 1.54) is 5.56 Å². The molecule has 1 fully saturated rings. The van der Waals surface area contributed by atoms with Crippen LogP contribution in [0, 0.1) is 12.3 Å². The Kier molecular flexibility index (Phi) is 5.27. The summed E-state index contributed by atoms with van der Waals surface area (Å²) < 4.78 is 10.9. The Morgan fingerprint density at radius 1 is 1.35 bits per heavy atom. The topological polar surface area (TPSA) is 63.6 Å². The standard InChI is InChI=1S/C17H22N2O3S/c1-13-2-4-15(5-3-13)22-7-16-19-14(8-23-16)6-18-9-17(10-20)11-21-12-17/h2-5,8,18,20H,6-7,9-12H2,1H3. The molecule has 0 spiro atoms. The molecule has 0 amide bonds. The molecule has 124 valence electrons. The first-order valence-electron chi connectivity index (χ1n) is 7.71. The average Bonchev–Trinajstić information content (AvgIpc) is 2.97. The number of rotatable bonds is 8. The predicted octanol–water partition coefficient (Wildman–Crippen LogP) is 2.13. The fraction of sp³-hybridized carbons (Fsp3) is 0.471. The van der Waals surface area contributed by atoms with Gasteiger partial charge in [0.1, 0.15) is 17.4 Å². The summed E-state index contributed by atoms with van der Waals surface area (Å²) in [5, 5.41) is 15.7. The fourth-order valence-electron chi connectivity index (χ4n) is 2.37. The second kappa shape index (κ2) is 7.40. The van der Waals surface area contributed by atoms with Crippen LogP contribution < -0.4 is 10.1 Å². The zero-order chi connectivity index (χ0) is 16.1. The maximum atomic E-state index is 9.38. The lowest BCUT2D eigenvalue weighted by Crippen LogP contribution is -2.52. The van der Waals surface area contributed by atoms with E-state index in [-0.39, 0.29) is 12.0 Å². The van der Waals surface area contributed by atoms with Crippen molar-refractivity contribution in [3.8, 4) is 5.75 Å². The van der Waals surface area contributed by atoms with Gasteiger partial charge < -0.3 is 19.9 Å². The van der Waals surface area contributed by atoms with Gasteiger partial charge in [0.15, 0.2) is 0 Å². The number of aliphatic hydroxyl groups is 1. The average molecular weight is 334 g/mol. The number of hydrogen-bond acceptors (Lipinski definition) is 6. The highest BCUT2D eigenvalue weighted by atomic mass is 32.1. The first-order chi connectivity index (χ1) is 11.2. The molecule has 2 heterocycles. The largest absolute Gasteiger partial charge is 0.486 e. The van der Waals surface area contributed by atoms with Crippen LogP contribution in [0.3, 0.4) is 0 Å². The van der Waals surface area contributed by atoms with Gasteiger partial charge in [-0.15, -0.1) is 11.3 Å². The number of nitrogens with zero attached hydrogens (tertiary/aromatic N) is 1. The van der Waals surface area contributed by atoms with Gasteiger partial charge in [-0.1, -0.05) is 17.7 Å². The maximum absolute atomic E-state index is 9.38. The number of aliphatic hydroxyl groups excluding tert-OH is 1. The Bertz CT molecular complexity index is 618. The highest BCUT2D eigenvalue weighted by Crippen LogP contribution is 2.25. The van der Waals surface area contributed by atoms with Crippen LogP contribution in [0.2, 0.25) is 0 Å². The van der Waals surface area contributed by atoms with E-state index in [2.05, 4.69) is 17.2 Å². The van der Waals surface area contributed by atoms with Gasteiger partial charge in [-0.2, -0.15) is 0 Å². The smallest absolute Gasteiger partial charge is 0.140 e. The van der Waals surface area contributed by atoms with Crippen LogP contribution in [-0.2, 0) is 17.9 Å². The predicted molar refractivity (Wildman–Crippen MR) is 89.7 cm³/mol. The molecule has 1 aromatic carbocycles. The molecule has 23 heavy (non-hydrogen) atoms. The normalized spacial score (nSPS) is 16.1. The molecule has 1 aromatic heterocycles. The van der Waals surface area contributed by atoms with Crippen molar-refractivity contribution in [2.75, 3.05) is 26.4 Å². The lowest BCUT2D eigenvalue weighted by atomic mass is 9.87. The molecule has 6 heteroatoms. The highest BCUT2D eigenvalue weighted by molar-refractivity contribution is 7.09. The van der Waals surface area contributed by atoms with Crippen LogP contribution in [0.15, 0.2) is 29.6 Å². The number of hydrogen-bond donors (Lipinski definition) is 2. The number of nitrogens with one attached hydrogen (secondary N) is 1. The van der Waals surface area contributed by atoms with Gasteiger partial charge >= 0.3 is 0 Å². The van der Waals surface area contributed by atoms with Crippen molar-refractivity contribution in [3.63, 3.8) is 0 Å². The Balaban J connectivity index is 1.43. The molecular weight excluding hydrogens is 312 g/mol. The molecule has 0 atom stereocenters. The van der Waals surface area contributed by atoms with Crippen LogP contribution in [0.1, 0.15) is 16.3 Å². The summed E-state index contributed by atoms with van der Waals surface area (Å²) in [6, 6.07) is 8.02. The third kappa shape index (κ3) is 4.29. The minimum Gasteiger partial charge on any atom is -0.486 e. The molecule has 0 aliphatic carbocycles. The lowest BCUT2D eigenvalue weighted by Gasteiger charge is -2.39. The number of aromatic nitrogens is 1. The molecule has 1 aliphatic rings. The van der Waals surface area contributed by atoms with Crippen molar-refractivity contribution in [1.29, 1.82) is 0 Å². The summed E-state index contributed by atoms with van der Waals surface area (Å²) in [6.07, 6.45) is 0. The summed E-state index contributed by atoms with van der Waals surface area (Å²) >= 11 is 1.61. The zero-order valence-corrected chi connectivity index (χ0v) is 14.1. The summed E-state index contributed by atoms with van der Waals surface area (Å²) in [5.41, 5.74) is 2.12. The Hall–Kier alpha value is -1.47. The quantitative estimate of drug-likeness (QED) is 0.774. The summed E-state index contributed by atoms with van der Waals surface area (Å²) in [7, 11) is 0. The molecule has 1 saturated heterocycles. The molecule has 0 bridgehead atoms. The first kappa shape index (κ1) is 16.4. The number of ether oxygens (including phenoxy) is 2. The van der Waals surface area contributed by atoms with Crippen molar-refractivity contribution in [3.05, 3.63) is 45.9 Å². The van der Waals surface area contributed by atoms with Gasteiger partial charge in [-0.25, -0.2) is 4.98 Å². The number of thiazole rings is 1. The van der Waals surface area contributed by atoms with Gasteiger partial charge in [-0.05, 0) is 19.1 Å². The number of benzene rings is 1. The monoisotopic (exact) mass is 334 g/mol.